The lowest BCUT2D eigenvalue weighted by molar-refractivity contribution is 0.0696. The third-order valence-corrected chi connectivity index (χ3v) is 5.61. The summed E-state index contributed by atoms with van der Waals surface area (Å²) in [4.78, 5) is 11.2. The van der Waals surface area contributed by atoms with E-state index in [0.29, 0.717) is 0 Å². The largest absolute Gasteiger partial charge is 0.478 e. The molecule has 0 amide bonds. The van der Waals surface area contributed by atoms with Gasteiger partial charge in [0.25, 0.3) is 0 Å². The van der Waals surface area contributed by atoms with Gasteiger partial charge in [-0.25, -0.2) is 13.2 Å². The highest BCUT2D eigenvalue weighted by atomic mass is 32.2. The molecule has 1 N–H and O–H groups in total. The van der Waals surface area contributed by atoms with E-state index in [0.717, 1.165) is 12.8 Å². The molecule has 1 rings (SSSR count). The van der Waals surface area contributed by atoms with Crippen LogP contribution in [0, 0.1) is 6.92 Å². The SMILES string of the molecule is CCCC(C)N(C)S(=O)(=O)c1cccc(C(=O)O)c1C. The van der Waals surface area contributed by atoms with Gasteiger partial charge in [-0.05, 0) is 38.0 Å². The van der Waals surface area contributed by atoms with E-state index < -0.39 is 16.0 Å². The molecule has 5 nitrogen and oxygen atoms in total. The van der Waals surface area contributed by atoms with Gasteiger partial charge in [-0.2, -0.15) is 4.31 Å². The van der Waals surface area contributed by atoms with Gasteiger partial charge in [-0.3, -0.25) is 0 Å². The summed E-state index contributed by atoms with van der Waals surface area (Å²) in [6.07, 6.45) is 1.64. The smallest absolute Gasteiger partial charge is 0.335 e. The molecule has 1 aromatic carbocycles. The van der Waals surface area contributed by atoms with Crippen molar-refractivity contribution in [3.05, 3.63) is 29.3 Å². The van der Waals surface area contributed by atoms with Crippen molar-refractivity contribution in [3.63, 3.8) is 0 Å². The molecule has 0 aliphatic carbocycles. The predicted molar refractivity (Wildman–Crippen MR) is 77.5 cm³/mol. The number of rotatable bonds is 6. The molecule has 1 aromatic rings. The summed E-state index contributed by atoms with van der Waals surface area (Å²) < 4.78 is 26.5. The molecule has 0 heterocycles. The molecule has 0 saturated carbocycles. The maximum absolute atomic E-state index is 12.6. The first-order valence-electron chi connectivity index (χ1n) is 6.54. The number of sulfonamides is 1. The van der Waals surface area contributed by atoms with Crippen molar-refractivity contribution >= 4 is 16.0 Å². The summed E-state index contributed by atoms with van der Waals surface area (Å²) in [6, 6.07) is 4.19. The average molecular weight is 299 g/mol. The fourth-order valence-corrected chi connectivity index (χ4v) is 3.75. The van der Waals surface area contributed by atoms with Crippen molar-refractivity contribution in [1.82, 2.24) is 4.31 Å². The van der Waals surface area contributed by atoms with Crippen molar-refractivity contribution in [2.75, 3.05) is 7.05 Å². The zero-order chi connectivity index (χ0) is 15.5. The van der Waals surface area contributed by atoms with Gasteiger partial charge >= 0.3 is 5.97 Å². The summed E-state index contributed by atoms with van der Waals surface area (Å²) in [5.74, 6) is -1.12. The Bertz CT molecular complexity index is 595. The van der Waals surface area contributed by atoms with Crippen LogP contribution in [0.15, 0.2) is 23.1 Å². The zero-order valence-corrected chi connectivity index (χ0v) is 13.1. The lowest BCUT2D eigenvalue weighted by Gasteiger charge is -2.25. The maximum Gasteiger partial charge on any atom is 0.335 e. The van der Waals surface area contributed by atoms with Crippen molar-refractivity contribution in [1.29, 1.82) is 0 Å². The summed E-state index contributed by atoms with van der Waals surface area (Å²) in [7, 11) is -2.15. The summed E-state index contributed by atoms with van der Waals surface area (Å²) in [5, 5.41) is 9.08. The van der Waals surface area contributed by atoms with Gasteiger partial charge in [0, 0.05) is 13.1 Å². The minimum atomic E-state index is -3.68. The zero-order valence-electron chi connectivity index (χ0n) is 12.3. The van der Waals surface area contributed by atoms with Crippen LogP contribution in [0.25, 0.3) is 0 Å². The van der Waals surface area contributed by atoms with E-state index >= 15 is 0 Å². The Hall–Kier alpha value is -1.40. The minimum Gasteiger partial charge on any atom is -0.478 e. The van der Waals surface area contributed by atoms with Crippen LogP contribution >= 0.6 is 0 Å². The van der Waals surface area contributed by atoms with Gasteiger partial charge in [0.2, 0.25) is 10.0 Å². The van der Waals surface area contributed by atoms with E-state index in [-0.39, 0.29) is 22.1 Å². The van der Waals surface area contributed by atoms with Crippen LogP contribution in [0.2, 0.25) is 0 Å². The fourth-order valence-electron chi connectivity index (χ4n) is 2.12. The predicted octanol–water partition coefficient (Wildman–Crippen LogP) is 2.50. The molecule has 6 heteroatoms. The van der Waals surface area contributed by atoms with Crippen LogP contribution < -0.4 is 0 Å². The molecule has 0 bridgehead atoms. The summed E-state index contributed by atoms with van der Waals surface area (Å²) >= 11 is 0. The molecule has 0 aliphatic heterocycles. The Morgan fingerprint density at radius 3 is 2.50 bits per heavy atom. The van der Waals surface area contributed by atoms with Gasteiger partial charge in [0.15, 0.2) is 0 Å². The second-order valence-corrected chi connectivity index (χ2v) is 6.86. The van der Waals surface area contributed by atoms with Crippen LogP contribution in [0.1, 0.15) is 42.6 Å². The quantitative estimate of drug-likeness (QED) is 0.875. The number of aromatic carboxylic acids is 1. The van der Waals surface area contributed by atoms with E-state index in [1.54, 1.807) is 0 Å². The Balaban J connectivity index is 3.29. The number of hydrogen-bond acceptors (Lipinski definition) is 3. The van der Waals surface area contributed by atoms with Crippen LogP contribution in [0.3, 0.4) is 0 Å². The highest BCUT2D eigenvalue weighted by Crippen LogP contribution is 2.24. The Morgan fingerprint density at radius 1 is 1.40 bits per heavy atom. The number of carboxylic acid groups (broad SMARTS) is 1. The standard InChI is InChI=1S/C14H21NO4S/c1-5-7-10(2)15(4)20(18,19)13-9-6-8-12(11(13)3)14(16)17/h6,8-10H,5,7H2,1-4H3,(H,16,17). The molecule has 112 valence electrons. The molecule has 1 unspecified atom stereocenters. The van der Waals surface area contributed by atoms with Gasteiger partial charge < -0.3 is 5.11 Å². The van der Waals surface area contributed by atoms with Crippen molar-refractivity contribution in [2.24, 2.45) is 0 Å². The number of carbonyl (C=O) groups is 1. The van der Waals surface area contributed by atoms with E-state index in [4.69, 9.17) is 5.11 Å². The van der Waals surface area contributed by atoms with Crippen LogP contribution in [0.5, 0.6) is 0 Å². The number of benzene rings is 1. The second-order valence-electron chi connectivity index (χ2n) is 4.89. The Morgan fingerprint density at radius 2 is 2.00 bits per heavy atom. The van der Waals surface area contributed by atoms with Crippen LogP contribution in [-0.4, -0.2) is 36.9 Å². The molecular weight excluding hydrogens is 278 g/mol. The van der Waals surface area contributed by atoms with Gasteiger partial charge in [0.1, 0.15) is 0 Å². The topological polar surface area (TPSA) is 74.7 Å². The minimum absolute atomic E-state index is 0.0163. The molecular formula is C14H21NO4S. The van der Waals surface area contributed by atoms with Gasteiger partial charge in [0.05, 0.1) is 10.5 Å². The third-order valence-electron chi connectivity index (χ3n) is 3.50. The number of nitrogens with zero attached hydrogens (tertiary/aromatic N) is 1. The molecule has 0 saturated heterocycles. The molecule has 20 heavy (non-hydrogen) atoms. The van der Waals surface area contributed by atoms with E-state index in [1.165, 1.54) is 36.5 Å². The second kappa shape index (κ2) is 6.37. The number of carboxylic acids is 1. The van der Waals surface area contributed by atoms with Crippen molar-refractivity contribution < 1.29 is 18.3 Å². The van der Waals surface area contributed by atoms with Crippen molar-refractivity contribution in [2.45, 2.75) is 44.6 Å². The lowest BCUT2D eigenvalue weighted by Crippen LogP contribution is -2.35. The maximum atomic E-state index is 12.6. The monoisotopic (exact) mass is 299 g/mol. The van der Waals surface area contributed by atoms with E-state index in [1.807, 2.05) is 13.8 Å². The molecule has 0 spiro atoms. The normalized spacial score (nSPS) is 13.4. The fraction of sp³-hybridized carbons (Fsp3) is 0.500. The Labute approximate surface area is 120 Å². The first-order chi connectivity index (χ1) is 9.23. The highest BCUT2D eigenvalue weighted by Gasteiger charge is 2.27. The van der Waals surface area contributed by atoms with Gasteiger partial charge in [-0.15, -0.1) is 0 Å². The van der Waals surface area contributed by atoms with Crippen LogP contribution in [-0.2, 0) is 10.0 Å². The van der Waals surface area contributed by atoms with Crippen LogP contribution in [0.4, 0.5) is 0 Å². The first-order valence-corrected chi connectivity index (χ1v) is 7.98. The Kier molecular flexibility index (Phi) is 5.30. The molecule has 0 fully saturated rings. The average Bonchev–Trinajstić information content (AvgIpc) is 2.37. The van der Waals surface area contributed by atoms with Crippen molar-refractivity contribution in [3.8, 4) is 0 Å². The highest BCUT2D eigenvalue weighted by molar-refractivity contribution is 7.89. The first kappa shape index (κ1) is 16.7. The summed E-state index contributed by atoms with van der Waals surface area (Å²) in [5.41, 5.74) is 0.290. The van der Waals surface area contributed by atoms with Gasteiger partial charge in [-0.1, -0.05) is 19.4 Å². The molecule has 0 aromatic heterocycles. The van der Waals surface area contributed by atoms with E-state index in [2.05, 4.69) is 0 Å². The molecule has 0 aliphatic rings. The summed E-state index contributed by atoms with van der Waals surface area (Å²) in [6.45, 7) is 5.36. The molecule has 1 atom stereocenters. The van der Waals surface area contributed by atoms with E-state index in [9.17, 15) is 13.2 Å². The third kappa shape index (κ3) is 3.19. The lowest BCUT2D eigenvalue weighted by atomic mass is 10.1. The molecule has 0 radical (unpaired) electrons. The number of hydrogen-bond donors (Lipinski definition) is 1.